The van der Waals surface area contributed by atoms with E-state index in [9.17, 15) is 4.39 Å². The smallest absolute Gasteiger partial charge is 0.312 e. The highest BCUT2D eigenvalue weighted by Crippen LogP contribution is 2.37. The molecule has 1 atom stereocenters. The van der Waals surface area contributed by atoms with Gasteiger partial charge in [0, 0.05) is 18.7 Å². The molecule has 7 heteroatoms. The predicted octanol–water partition coefficient (Wildman–Crippen LogP) is 0.401. The van der Waals surface area contributed by atoms with Crippen LogP contribution in [0.5, 0.6) is 0 Å². The van der Waals surface area contributed by atoms with Gasteiger partial charge in [-0.2, -0.15) is 14.4 Å². The monoisotopic (exact) mass is 235 g/mol. The molecule has 1 fully saturated rings. The van der Waals surface area contributed by atoms with Crippen molar-refractivity contribution in [2.75, 3.05) is 12.3 Å². The second-order valence-electron chi connectivity index (χ2n) is 3.99. The lowest BCUT2D eigenvalue weighted by Gasteiger charge is -1.96. The Morgan fingerprint density at radius 1 is 1.59 bits per heavy atom. The Kier molecular flexibility index (Phi) is 2.08. The molecule has 3 N–H and O–H groups in total. The number of anilines is 1. The van der Waals surface area contributed by atoms with Crippen LogP contribution >= 0.6 is 0 Å². The Morgan fingerprint density at radius 2 is 2.41 bits per heavy atom. The molecule has 17 heavy (non-hydrogen) atoms. The van der Waals surface area contributed by atoms with Crippen LogP contribution in [-0.2, 0) is 0 Å². The third kappa shape index (κ3) is 1.64. The lowest BCUT2D eigenvalue weighted by Crippen LogP contribution is -1.99. The van der Waals surface area contributed by atoms with Gasteiger partial charge in [-0.15, -0.1) is 0 Å². The van der Waals surface area contributed by atoms with Gasteiger partial charge in [0.15, 0.2) is 17.0 Å². The van der Waals surface area contributed by atoms with Crippen LogP contribution in [0.2, 0.25) is 0 Å². The van der Waals surface area contributed by atoms with E-state index in [4.69, 9.17) is 10.8 Å². The van der Waals surface area contributed by atoms with E-state index in [2.05, 4.69) is 15.0 Å². The summed E-state index contributed by atoms with van der Waals surface area (Å²) >= 11 is 0. The molecule has 0 saturated heterocycles. The Bertz CT molecular complexity index is 620. The largest absolute Gasteiger partial charge is 0.396 e. The number of aromatic nitrogens is 4. The summed E-state index contributed by atoms with van der Waals surface area (Å²) in [7, 11) is 0. The van der Waals surface area contributed by atoms with E-state index >= 15 is 0 Å². The van der Waals surface area contributed by atoms with E-state index < -0.39 is 6.08 Å². The van der Waals surface area contributed by atoms with E-state index in [1.807, 2.05) is 0 Å². The van der Waals surface area contributed by atoms with Gasteiger partial charge in [0.05, 0.1) is 0 Å². The minimum Gasteiger partial charge on any atom is -0.396 e. The van der Waals surface area contributed by atoms with Gasteiger partial charge in [0.1, 0.15) is 6.33 Å². The van der Waals surface area contributed by atoms with Gasteiger partial charge in [-0.1, -0.05) is 0 Å². The number of hydrogen-bond acceptors (Lipinski definition) is 5. The molecule has 2 aromatic rings. The number of rotatable bonds is 2. The van der Waals surface area contributed by atoms with Crippen LogP contribution in [0.3, 0.4) is 0 Å². The van der Waals surface area contributed by atoms with Crippen LogP contribution in [0.4, 0.5) is 10.2 Å². The summed E-state index contributed by atoms with van der Waals surface area (Å²) in [6.07, 6.45) is 3.28. The van der Waals surface area contributed by atoms with Crippen molar-refractivity contribution in [3.63, 3.8) is 0 Å². The van der Waals surface area contributed by atoms with Gasteiger partial charge in [-0.3, -0.25) is 4.57 Å². The normalized spacial score (nSPS) is 21.3. The van der Waals surface area contributed by atoms with E-state index in [-0.39, 0.29) is 18.3 Å². The quantitative estimate of drug-likeness (QED) is 0.735. The minimum absolute atomic E-state index is 0.0270. The molecule has 0 spiro atoms. The van der Waals surface area contributed by atoms with Crippen LogP contribution in [0.1, 0.15) is 6.42 Å². The van der Waals surface area contributed by atoms with Gasteiger partial charge in [0.2, 0.25) is 0 Å². The predicted molar refractivity (Wildman–Crippen MR) is 59.2 cm³/mol. The maximum absolute atomic E-state index is 13.0. The van der Waals surface area contributed by atoms with Crippen molar-refractivity contribution >= 4 is 23.2 Å². The summed E-state index contributed by atoms with van der Waals surface area (Å²) < 4.78 is 14.6. The number of imidazole rings is 1. The average molecular weight is 235 g/mol. The Morgan fingerprint density at radius 3 is 3.12 bits per heavy atom. The molecular weight excluding hydrogens is 225 g/mol. The molecule has 1 unspecified atom stereocenters. The number of aliphatic hydroxyl groups excluding tert-OH is 1. The number of halogens is 1. The third-order valence-electron chi connectivity index (χ3n) is 2.79. The van der Waals surface area contributed by atoms with Crippen molar-refractivity contribution in [1.29, 1.82) is 0 Å². The highest BCUT2D eigenvalue weighted by atomic mass is 19.1. The first kappa shape index (κ1) is 10.2. The number of nitrogens with zero attached hydrogens (tertiary/aromatic N) is 4. The van der Waals surface area contributed by atoms with Crippen molar-refractivity contribution in [3.05, 3.63) is 18.0 Å². The molecule has 0 bridgehead atoms. The summed E-state index contributed by atoms with van der Waals surface area (Å²) in [5.41, 5.74) is 7.35. The number of hydrogen-bond donors (Lipinski definition) is 2. The fourth-order valence-electron chi connectivity index (χ4n) is 1.75. The van der Waals surface area contributed by atoms with Crippen molar-refractivity contribution in [3.8, 4) is 0 Å². The second kappa shape index (κ2) is 3.49. The molecule has 0 aliphatic heterocycles. The van der Waals surface area contributed by atoms with E-state index in [0.717, 1.165) is 12.0 Å². The number of aliphatic hydroxyl groups is 1. The van der Waals surface area contributed by atoms with Gasteiger partial charge >= 0.3 is 6.08 Å². The van der Waals surface area contributed by atoms with E-state index in [0.29, 0.717) is 11.2 Å². The van der Waals surface area contributed by atoms with Crippen LogP contribution < -0.4 is 5.73 Å². The number of nitrogens with two attached hydrogens (primary N) is 1. The Balaban J connectivity index is 2.09. The Hall–Kier alpha value is -2.02. The zero-order chi connectivity index (χ0) is 12.0. The molecule has 0 aromatic carbocycles. The summed E-state index contributed by atoms with van der Waals surface area (Å²) in [5, 5.41) is 8.94. The zero-order valence-corrected chi connectivity index (χ0v) is 8.84. The number of fused-ring (bicyclic) bond motifs is 1. The lowest BCUT2D eigenvalue weighted by atomic mass is 10.4. The van der Waals surface area contributed by atoms with Crippen LogP contribution in [0.25, 0.3) is 17.4 Å². The SMILES string of the molecule is Nc1nc(F)nc2c1ncn2/C=C1\CC1CO. The standard InChI is InChI=1S/C10H10FN5O/c11-10-14-8(12)7-9(15-10)16(4-13-7)2-5-1-6(5)3-17/h2,4,6,17H,1,3H2,(H2,12,14,15)/b5-2+. The topological polar surface area (TPSA) is 89.9 Å². The summed E-state index contributed by atoms with van der Waals surface area (Å²) in [4.78, 5) is 11.1. The van der Waals surface area contributed by atoms with Gasteiger partial charge in [-0.25, -0.2) is 4.98 Å². The molecule has 0 radical (unpaired) electrons. The Labute approximate surface area is 95.6 Å². The molecule has 2 aromatic heterocycles. The third-order valence-corrected chi connectivity index (χ3v) is 2.79. The highest BCUT2D eigenvalue weighted by Gasteiger charge is 2.28. The molecule has 0 amide bonds. The number of nitrogen functional groups attached to an aromatic ring is 1. The minimum atomic E-state index is -0.871. The maximum atomic E-state index is 13.0. The molecule has 6 nitrogen and oxygen atoms in total. The molecule has 3 rings (SSSR count). The fourth-order valence-corrected chi connectivity index (χ4v) is 1.75. The molecule has 2 heterocycles. The van der Waals surface area contributed by atoms with Crippen molar-refractivity contribution < 1.29 is 9.50 Å². The van der Waals surface area contributed by atoms with Crippen molar-refractivity contribution in [1.82, 2.24) is 19.5 Å². The summed E-state index contributed by atoms with van der Waals surface area (Å²) in [6, 6.07) is 0. The molecule has 1 aliphatic rings. The van der Waals surface area contributed by atoms with Crippen LogP contribution in [0.15, 0.2) is 11.9 Å². The first-order valence-electron chi connectivity index (χ1n) is 5.16. The molecular formula is C10H10FN5O. The van der Waals surface area contributed by atoms with Gasteiger partial charge < -0.3 is 10.8 Å². The zero-order valence-electron chi connectivity index (χ0n) is 8.84. The summed E-state index contributed by atoms with van der Waals surface area (Å²) in [6.45, 7) is 0.129. The first-order valence-corrected chi connectivity index (χ1v) is 5.16. The second-order valence-corrected chi connectivity index (χ2v) is 3.99. The highest BCUT2D eigenvalue weighted by molar-refractivity contribution is 5.82. The van der Waals surface area contributed by atoms with Crippen molar-refractivity contribution in [2.24, 2.45) is 5.92 Å². The van der Waals surface area contributed by atoms with Crippen LogP contribution in [0, 0.1) is 12.0 Å². The van der Waals surface area contributed by atoms with E-state index in [1.165, 1.54) is 6.33 Å². The summed E-state index contributed by atoms with van der Waals surface area (Å²) in [5.74, 6) is 0.232. The fraction of sp³-hybridized carbons (Fsp3) is 0.300. The lowest BCUT2D eigenvalue weighted by molar-refractivity contribution is 0.281. The van der Waals surface area contributed by atoms with E-state index in [1.54, 1.807) is 10.8 Å². The van der Waals surface area contributed by atoms with Gasteiger partial charge in [0.25, 0.3) is 0 Å². The first-order chi connectivity index (χ1) is 8.19. The molecule has 88 valence electrons. The van der Waals surface area contributed by atoms with Crippen LogP contribution in [-0.4, -0.2) is 31.2 Å². The van der Waals surface area contributed by atoms with Gasteiger partial charge in [-0.05, 0) is 12.0 Å². The average Bonchev–Trinajstić information content (AvgIpc) is 2.92. The van der Waals surface area contributed by atoms with Crippen molar-refractivity contribution in [2.45, 2.75) is 6.42 Å². The maximum Gasteiger partial charge on any atom is 0.312 e. The molecule has 1 saturated carbocycles. The molecule has 1 aliphatic carbocycles.